The molecule has 2 rings (SSSR count). The molecule has 0 aromatic carbocycles. The molecule has 0 saturated carbocycles. The third-order valence-electron chi connectivity index (χ3n) is 3.11. The van der Waals surface area contributed by atoms with E-state index in [9.17, 15) is 13.2 Å². The second kappa shape index (κ2) is 6.76. The fourth-order valence-corrected chi connectivity index (χ4v) is 2.05. The van der Waals surface area contributed by atoms with E-state index in [2.05, 4.69) is 21.5 Å². The number of rotatable bonds is 5. The van der Waals surface area contributed by atoms with Crippen molar-refractivity contribution in [2.45, 2.75) is 20.0 Å². The Bertz CT molecular complexity index is 683. The molecule has 0 aliphatic carbocycles. The Morgan fingerprint density at radius 1 is 1.22 bits per heavy atom. The predicted molar refractivity (Wildman–Crippen MR) is 83.0 cm³/mol. The van der Waals surface area contributed by atoms with E-state index in [4.69, 9.17) is 0 Å². The van der Waals surface area contributed by atoms with Crippen LogP contribution in [0.2, 0.25) is 0 Å². The lowest BCUT2D eigenvalue weighted by molar-refractivity contribution is -0.141. The number of alkyl halides is 3. The Morgan fingerprint density at radius 3 is 2.39 bits per heavy atom. The molecule has 0 saturated heterocycles. The zero-order chi connectivity index (χ0) is 17.0. The van der Waals surface area contributed by atoms with Gasteiger partial charge in [-0.25, -0.2) is 9.97 Å². The van der Waals surface area contributed by atoms with Crippen LogP contribution in [-0.4, -0.2) is 28.0 Å². The van der Waals surface area contributed by atoms with Crippen LogP contribution >= 0.6 is 0 Å². The van der Waals surface area contributed by atoms with Crippen molar-refractivity contribution in [1.82, 2.24) is 15.0 Å². The van der Waals surface area contributed by atoms with Crippen molar-refractivity contribution in [3.8, 4) is 11.4 Å². The van der Waals surface area contributed by atoms with Crippen LogP contribution in [0.3, 0.4) is 0 Å². The summed E-state index contributed by atoms with van der Waals surface area (Å²) in [5, 5.41) is 0. The molecule has 2 heterocycles. The van der Waals surface area contributed by atoms with Crippen LogP contribution in [0.25, 0.3) is 11.4 Å². The average molecular weight is 322 g/mol. The first-order valence-electron chi connectivity index (χ1n) is 7.07. The van der Waals surface area contributed by atoms with Crippen LogP contribution in [0, 0.1) is 0 Å². The van der Waals surface area contributed by atoms with E-state index in [1.807, 2.05) is 13.8 Å². The summed E-state index contributed by atoms with van der Waals surface area (Å²) in [4.78, 5) is 13.5. The van der Waals surface area contributed by atoms with Gasteiger partial charge in [-0.1, -0.05) is 12.2 Å². The smallest absolute Gasteiger partial charge is 0.353 e. The minimum Gasteiger partial charge on any atom is -0.353 e. The second-order valence-corrected chi connectivity index (χ2v) is 5.14. The lowest BCUT2D eigenvalue weighted by Gasteiger charge is -2.23. The van der Waals surface area contributed by atoms with Crippen LogP contribution in [-0.2, 0) is 6.18 Å². The van der Waals surface area contributed by atoms with E-state index in [1.54, 1.807) is 17.0 Å². The Balaban J connectivity index is 2.56. The third kappa shape index (κ3) is 4.28. The Kier molecular flexibility index (Phi) is 4.98. The summed E-state index contributed by atoms with van der Waals surface area (Å²) < 4.78 is 39.5. The lowest BCUT2D eigenvalue weighted by Crippen LogP contribution is -2.26. The van der Waals surface area contributed by atoms with E-state index in [0.717, 1.165) is 11.6 Å². The highest BCUT2D eigenvalue weighted by molar-refractivity contribution is 5.57. The van der Waals surface area contributed by atoms with Gasteiger partial charge in [-0.15, -0.1) is 0 Å². The largest absolute Gasteiger partial charge is 0.433 e. The van der Waals surface area contributed by atoms with Crippen molar-refractivity contribution in [3.05, 3.63) is 48.4 Å². The molecule has 4 nitrogen and oxygen atoms in total. The van der Waals surface area contributed by atoms with Gasteiger partial charge in [-0.05, 0) is 26.0 Å². The van der Waals surface area contributed by atoms with Gasteiger partial charge in [0.25, 0.3) is 0 Å². The summed E-state index contributed by atoms with van der Waals surface area (Å²) in [5.74, 6) is 0.252. The lowest BCUT2D eigenvalue weighted by atomic mass is 10.2. The van der Waals surface area contributed by atoms with Gasteiger partial charge in [0.2, 0.25) is 0 Å². The van der Waals surface area contributed by atoms with Crippen LogP contribution in [0.1, 0.15) is 19.5 Å². The minimum absolute atomic E-state index is 0.0254. The Hall–Kier alpha value is -2.44. The van der Waals surface area contributed by atoms with Crippen molar-refractivity contribution in [3.63, 3.8) is 0 Å². The normalized spacial score (nSPS) is 11.3. The van der Waals surface area contributed by atoms with Crippen molar-refractivity contribution >= 4 is 5.82 Å². The maximum Gasteiger partial charge on any atom is 0.433 e. The molecule has 0 spiro atoms. The number of aromatic nitrogens is 3. The molecule has 122 valence electrons. The van der Waals surface area contributed by atoms with E-state index in [-0.39, 0.29) is 11.6 Å². The average Bonchev–Trinajstić information content (AvgIpc) is 2.52. The monoisotopic (exact) mass is 322 g/mol. The van der Waals surface area contributed by atoms with Gasteiger partial charge in [0.05, 0.1) is 0 Å². The Labute approximate surface area is 132 Å². The van der Waals surface area contributed by atoms with Crippen LogP contribution in [0.4, 0.5) is 19.0 Å². The van der Waals surface area contributed by atoms with E-state index in [1.165, 1.54) is 12.4 Å². The minimum atomic E-state index is -4.54. The molecule has 0 radical (unpaired) electrons. The zero-order valence-corrected chi connectivity index (χ0v) is 12.9. The predicted octanol–water partition coefficient (Wildman–Crippen LogP) is 3.96. The molecule has 0 N–H and O–H groups in total. The second-order valence-electron chi connectivity index (χ2n) is 5.14. The quantitative estimate of drug-likeness (QED) is 0.782. The number of halogens is 3. The Morgan fingerprint density at radius 2 is 1.87 bits per heavy atom. The first-order valence-corrected chi connectivity index (χ1v) is 7.07. The molecule has 0 bridgehead atoms. The highest BCUT2D eigenvalue weighted by atomic mass is 19.4. The summed E-state index contributed by atoms with van der Waals surface area (Å²) >= 11 is 0. The summed E-state index contributed by atoms with van der Waals surface area (Å²) in [6, 6.07) is 4.12. The van der Waals surface area contributed by atoms with Crippen molar-refractivity contribution < 1.29 is 13.2 Å². The van der Waals surface area contributed by atoms with Crippen molar-refractivity contribution in [2.24, 2.45) is 0 Å². The molecule has 7 heteroatoms. The van der Waals surface area contributed by atoms with Gasteiger partial charge in [0.1, 0.15) is 5.82 Å². The molecule has 0 aliphatic rings. The molecule has 0 atom stereocenters. The summed E-state index contributed by atoms with van der Waals surface area (Å²) in [7, 11) is 0. The number of nitrogens with zero attached hydrogens (tertiary/aromatic N) is 4. The van der Waals surface area contributed by atoms with E-state index >= 15 is 0 Å². The fraction of sp³-hybridized carbons (Fsp3) is 0.312. The third-order valence-corrected chi connectivity index (χ3v) is 3.11. The molecule has 0 aliphatic heterocycles. The van der Waals surface area contributed by atoms with Gasteiger partial charge < -0.3 is 4.90 Å². The molecular formula is C16H17F3N4. The number of pyridine rings is 1. The van der Waals surface area contributed by atoms with Gasteiger partial charge in [0.15, 0.2) is 11.5 Å². The van der Waals surface area contributed by atoms with E-state index < -0.39 is 11.9 Å². The number of likely N-dealkylation sites (N-methyl/N-ethyl adjacent to an activating group) is 1. The number of hydrogen-bond acceptors (Lipinski definition) is 4. The first-order chi connectivity index (χ1) is 10.8. The summed E-state index contributed by atoms with van der Waals surface area (Å²) in [6.45, 7) is 8.42. The molecule has 23 heavy (non-hydrogen) atoms. The molecule has 0 fully saturated rings. The van der Waals surface area contributed by atoms with Crippen molar-refractivity contribution in [2.75, 3.05) is 18.0 Å². The fourth-order valence-electron chi connectivity index (χ4n) is 2.05. The number of anilines is 1. The van der Waals surface area contributed by atoms with Crippen LogP contribution in [0.15, 0.2) is 42.7 Å². The molecule has 0 amide bonds. The topological polar surface area (TPSA) is 41.9 Å². The van der Waals surface area contributed by atoms with Gasteiger partial charge >= 0.3 is 6.18 Å². The van der Waals surface area contributed by atoms with Gasteiger partial charge in [0, 0.05) is 37.1 Å². The van der Waals surface area contributed by atoms with Gasteiger partial charge in [-0.3, -0.25) is 4.98 Å². The van der Waals surface area contributed by atoms with E-state index in [0.29, 0.717) is 18.7 Å². The summed E-state index contributed by atoms with van der Waals surface area (Å²) in [5.41, 5.74) is 0.359. The zero-order valence-electron chi connectivity index (χ0n) is 12.9. The van der Waals surface area contributed by atoms with Crippen LogP contribution < -0.4 is 4.90 Å². The van der Waals surface area contributed by atoms with Crippen LogP contribution in [0.5, 0.6) is 0 Å². The van der Waals surface area contributed by atoms with Crippen molar-refractivity contribution in [1.29, 1.82) is 0 Å². The molecule has 2 aromatic heterocycles. The standard InChI is InChI=1S/C16H17F3N4/c1-4-23(10-11(2)3)14-9-13(16(17,18)19)21-15(22-14)12-5-7-20-8-6-12/h5-9H,2,4,10H2,1,3H3. The molecular weight excluding hydrogens is 305 g/mol. The molecule has 0 unspecified atom stereocenters. The SMILES string of the molecule is C=C(C)CN(CC)c1cc(C(F)(F)F)nc(-c2ccncc2)n1. The number of hydrogen-bond donors (Lipinski definition) is 0. The maximum atomic E-state index is 13.2. The maximum absolute atomic E-state index is 13.2. The van der Waals surface area contributed by atoms with Gasteiger partial charge in [-0.2, -0.15) is 13.2 Å². The highest BCUT2D eigenvalue weighted by Gasteiger charge is 2.34. The first kappa shape index (κ1) is 16.9. The summed E-state index contributed by atoms with van der Waals surface area (Å²) in [6.07, 6.45) is -1.56. The molecule has 2 aromatic rings. The highest BCUT2D eigenvalue weighted by Crippen LogP contribution is 2.31.